The Hall–Kier alpha value is -4.87. The quantitative estimate of drug-likeness (QED) is 0.162. The zero-order valence-corrected chi connectivity index (χ0v) is 27.6. The van der Waals surface area contributed by atoms with Crippen LogP contribution in [-0.4, -0.2) is 24.3 Å². The van der Waals surface area contributed by atoms with E-state index in [1.165, 1.54) is 29.9 Å². The number of carbonyl (C=O) groups is 1. The smallest absolute Gasteiger partial charge is 0.338 e. The summed E-state index contributed by atoms with van der Waals surface area (Å²) in [6.07, 6.45) is 1.69. The highest BCUT2D eigenvalue weighted by Gasteiger charge is 2.35. The van der Waals surface area contributed by atoms with Crippen LogP contribution in [0.15, 0.2) is 111 Å². The number of aromatic nitrogens is 1. The molecular weight excluding hydrogens is 690 g/mol. The van der Waals surface area contributed by atoms with Gasteiger partial charge in [-0.05, 0) is 70.4 Å². The molecule has 0 saturated carbocycles. The average molecular weight is 718 g/mol. The molecule has 1 aliphatic rings. The molecule has 6 rings (SSSR count). The van der Waals surface area contributed by atoms with E-state index >= 15 is 0 Å². The minimum absolute atomic E-state index is 0.0183. The summed E-state index contributed by atoms with van der Waals surface area (Å²) in [7, 11) is 1.49. The number of hydrogen-bond acceptors (Lipinski definition) is 7. The number of benzene rings is 4. The highest BCUT2D eigenvalue weighted by Crippen LogP contribution is 2.38. The number of fused-ring (bicyclic) bond motifs is 1. The van der Waals surface area contributed by atoms with Gasteiger partial charge in [-0.2, -0.15) is 0 Å². The molecule has 1 atom stereocenters. The van der Waals surface area contributed by atoms with Crippen LogP contribution in [0, 0.1) is 11.6 Å². The Balaban J connectivity index is 1.49. The summed E-state index contributed by atoms with van der Waals surface area (Å²) in [5, 5.41) is 0. The second-order valence-corrected chi connectivity index (χ2v) is 12.3. The highest BCUT2D eigenvalue weighted by atomic mass is 79.9. The Bertz CT molecular complexity index is 2180. The molecular formula is C36H27BrF2N2O5S. The van der Waals surface area contributed by atoms with Crippen molar-refractivity contribution in [2.24, 2.45) is 4.99 Å². The number of halogens is 3. The largest absolute Gasteiger partial charge is 0.493 e. The SMILES string of the molecule is CCOC(=O)C1=C(c2ccccc2)N=c2s/c(=C\c3cc(Br)c(OCc4ccccc4F)c(OC)c3)c(=O)n2[C@H]1c1ccc(F)cc1. The molecule has 0 aliphatic carbocycles. The predicted molar refractivity (Wildman–Crippen MR) is 179 cm³/mol. The van der Waals surface area contributed by atoms with Gasteiger partial charge < -0.3 is 14.2 Å². The van der Waals surface area contributed by atoms with Crippen molar-refractivity contribution in [3.63, 3.8) is 0 Å². The van der Waals surface area contributed by atoms with E-state index in [0.717, 1.165) is 11.3 Å². The molecule has 0 unspecified atom stereocenters. The summed E-state index contributed by atoms with van der Waals surface area (Å²) < 4.78 is 47.5. The van der Waals surface area contributed by atoms with E-state index in [9.17, 15) is 18.4 Å². The Morgan fingerprint density at radius 3 is 2.45 bits per heavy atom. The summed E-state index contributed by atoms with van der Waals surface area (Å²) in [4.78, 5) is 32.9. The van der Waals surface area contributed by atoms with E-state index in [4.69, 9.17) is 19.2 Å². The second-order valence-electron chi connectivity index (χ2n) is 10.4. The lowest BCUT2D eigenvalue weighted by atomic mass is 9.93. The summed E-state index contributed by atoms with van der Waals surface area (Å²) in [6.45, 7) is 1.79. The Kier molecular flexibility index (Phi) is 9.46. The molecule has 0 fully saturated rings. The average Bonchev–Trinajstić information content (AvgIpc) is 3.38. The Morgan fingerprint density at radius 2 is 1.74 bits per heavy atom. The summed E-state index contributed by atoms with van der Waals surface area (Å²) in [5.74, 6) is -0.715. The van der Waals surface area contributed by atoms with Crippen molar-refractivity contribution in [3.8, 4) is 11.5 Å². The van der Waals surface area contributed by atoms with Gasteiger partial charge in [0, 0.05) is 11.1 Å². The molecule has 0 spiro atoms. The molecule has 1 aliphatic heterocycles. The molecule has 0 radical (unpaired) electrons. The standard InChI is InChI=1S/C36H27BrF2N2O5S/c1-3-45-35(43)30-31(22-9-5-4-6-10-22)40-36-41(32(30)23-13-15-25(38)16-14-23)34(42)29(47-36)19-21-17-26(37)33(28(18-21)44-2)46-20-24-11-7-8-12-27(24)39/h4-19,32H,3,20H2,1-2H3/b29-19-/t32-/m0/s1. The minimum atomic E-state index is -0.932. The number of thiazole rings is 1. The number of carbonyl (C=O) groups excluding carboxylic acids is 1. The molecule has 0 bridgehead atoms. The molecule has 0 amide bonds. The fraction of sp³-hybridized carbons (Fsp3) is 0.139. The van der Waals surface area contributed by atoms with Crippen LogP contribution in [0.25, 0.3) is 11.8 Å². The van der Waals surface area contributed by atoms with Gasteiger partial charge in [-0.25, -0.2) is 18.6 Å². The number of rotatable bonds is 9. The third-order valence-electron chi connectivity index (χ3n) is 7.44. The fourth-order valence-electron chi connectivity index (χ4n) is 5.28. The molecule has 1 aromatic heterocycles. The van der Waals surface area contributed by atoms with E-state index in [-0.39, 0.29) is 24.6 Å². The first-order chi connectivity index (χ1) is 22.8. The van der Waals surface area contributed by atoms with Crippen LogP contribution in [0.5, 0.6) is 11.5 Å². The van der Waals surface area contributed by atoms with Gasteiger partial charge in [0.25, 0.3) is 5.56 Å². The lowest BCUT2D eigenvalue weighted by molar-refractivity contribution is -0.138. The van der Waals surface area contributed by atoms with Crippen molar-refractivity contribution in [3.05, 3.63) is 155 Å². The molecule has 4 aromatic carbocycles. The Morgan fingerprint density at radius 1 is 1.02 bits per heavy atom. The lowest BCUT2D eigenvalue weighted by Crippen LogP contribution is -2.40. The topological polar surface area (TPSA) is 79.1 Å². The first-order valence-electron chi connectivity index (χ1n) is 14.6. The van der Waals surface area contributed by atoms with Gasteiger partial charge in [0.1, 0.15) is 18.2 Å². The molecule has 47 heavy (non-hydrogen) atoms. The molecule has 7 nitrogen and oxygen atoms in total. The van der Waals surface area contributed by atoms with Gasteiger partial charge in [0.15, 0.2) is 16.3 Å². The number of esters is 1. The third kappa shape index (κ3) is 6.54. The maximum absolute atomic E-state index is 14.2. The van der Waals surface area contributed by atoms with Crippen molar-refractivity contribution in [1.82, 2.24) is 4.57 Å². The van der Waals surface area contributed by atoms with Crippen LogP contribution < -0.4 is 24.4 Å². The van der Waals surface area contributed by atoms with Crippen LogP contribution in [0.1, 0.15) is 35.2 Å². The highest BCUT2D eigenvalue weighted by molar-refractivity contribution is 9.10. The summed E-state index contributed by atoms with van der Waals surface area (Å²) in [6, 6.07) is 23.7. The van der Waals surface area contributed by atoms with Gasteiger partial charge in [0.2, 0.25) is 0 Å². The van der Waals surface area contributed by atoms with E-state index in [1.54, 1.807) is 55.5 Å². The van der Waals surface area contributed by atoms with Gasteiger partial charge in [0.05, 0.1) is 40.0 Å². The zero-order valence-electron chi connectivity index (χ0n) is 25.2. The molecule has 5 aromatic rings. The number of methoxy groups -OCH3 is 1. The fourth-order valence-corrected chi connectivity index (χ4v) is 6.86. The first kappa shape index (κ1) is 32.1. The lowest BCUT2D eigenvalue weighted by Gasteiger charge is -2.25. The monoisotopic (exact) mass is 716 g/mol. The maximum Gasteiger partial charge on any atom is 0.338 e. The number of hydrogen-bond donors (Lipinski definition) is 0. The van der Waals surface area contributed by atoms with E-state index in [0.29, 0.717) is 53.3 Å². The van der Waals surface area contributed by atoms with E-state index in [2.05, 4.69) is 15.9 Å². The van der Waals surface area contributed by atoms with E-state index in [1.807, 2.05) is 30.3 Å². The number of nitrogens with zero attached hydrogens (tertiary/aromatic N) is 2. The molecule has 11 heteroatoms. The number of ether oxygens (including phenoxy) is 3. The molecule has 0 N–H and O–H groups in total. The minimum Gasteiger partial charge on any atom is -0.493 e. The normalized spacial score (nSPS) is 14.4. The predicted octanol–water partition coefficient (Wildman–Crippen LogP) is 6.56. The second kappa shape index (κ2) is 13.9. The zero-order chi connectivity index (χ0) is 33.1. The van der Waals surface area contributed by atoms with Crippen molar-refractivity contribution in [2.45, 2.75) is 19.6 Å². The molecule has 238 valence electrons. The van der Waals surface area contributed by atoms with Gasteiger partial charge in [-0.1, -0.05) is 72.0 Å². The van der Waals surface area contributed by atoms with Crippen molar-refractivity contribution in [2.75, 3.05) is 13.7 Å². The molecule has 0 saturated heterocycles. The third-order valence-corrected chi connectivity index (χ3v) is 9.01. The van der Waals surface area contributed by atoms with Gasteiger partial charge >= 0.3 is 5.97 Å². The summed E-state index contributed by atoms with van der Waals surface area (Å²) in [5.41, 5.74) is 2.33. The van der Waals surface area contributed by atoms with Crippen LogP contribution in [0.2, 0.25) is 0 Å². The van der Waals surface area contributed by atoms with Crippen molar-refractivity contribution < 1.29 is 27.8 Å². The van der Waals surface area contributed by atoms with Crippen LogP contribution in [0.4, 0.5) is 8.78 Å². The van der Waals surface area contributed by atoms with Gasteiger partial charge in [-0.15, -0.1) is 0 Å². The maximum atomic E-state index is 14.2. The summed E-state index contributed by atoms with van der Waals surface area (Å²) >= 11 is 4.69. The van der Waals surface area contributed by atoms with Crippen LogP contribution in [0.3, 0.4) is 0 Å². The first-order valence-corrected chi connectivity index (χ1v) is 16.2. The van der Waals surface area contributed by atoms with Crippen molar-refractivity contribution in [1.29, 1.82) is 0 Å². The Labute approximate surface area is 280 Å². The van der Waals surface area contributed by atoms with Crippen molar-refractivity contribution >= 4 is 45.0 Å². The van der Waals surface area contributed by atoms with Crippen LogP contribution >= 0.6 is 27.3 Å². The van der Waals surface area contributed by atoms with Gasteiger partial charge in [-0.3, -0.25) is 9.36 Å². The molecule has 2 heterocycles. The van der Waals surface area contributed by atoms with E-state index < -0.39 is 23.4 Å². The van der Waals surface area contributed by atoms with Crippen LogP contribution in [-0.2, 0) is 16.1 Å².